The topological polar surface area (TPSA) is 99.0 Å². The van der Waals surface area contributed by atoms with Gasteiger partial charge in [0.25, 0.3) is 5.91 Å². The van der Waals surface area contributed by atoms with Crippen molar-refractivity contribution in [2.24, 2.45) is 0 Å². The van der Waals surface area contributed by atoms with Gasteiger partial charge in [-0.15, -0.1) is 0 Å². The summed E-state index contributed by atoms with van der Waals surface area (Å²) in [6.07, 6.45) is -4.75. The number of carbonyl (C=O) groups is 2. The monoisotopic (exact) mass is 435 g/mol. The van der Waals surface area contributed by atoms with Crippen LogP contribution in [0.1, 0.15) is 5.82 Å². The first-order chi connectivity index (χ1) is 14.3. The lowest BCUT2D eigenvalue weighted by Crippen LogP contribution is -2.25. The van der Waals surface area contributed by atoms with Gasteiger partial charge in [-0.3, -0.25) is 9.59 Å². The summed E-state index contributed by atoms with van der Waals surface area (Å²) in [5.74, 6) is -2.88. The Kier molecular flexibility index (Phi) is 5.08. The van der Waals surface area contributed by atoms with Gasteiger partial charge in [0.05, 0.1) is 28.4 Å². The minimum absolute atomic E-state index is 0.0975. The van der Waals surface area contributed by atoms with Crippen LogP contribution in [0.4, 0.5) is 18.9 Å². The number of imidazole rings is 1. The lowest BCUT2D eigenvalue weighted by atomic mass is 10.2. The Morgan fingerprint density at radius 1 is 1.07 bits per heavy atom. The van der Waals surface area contributed by atoms with Crippen molar-refractivity contribution in [2.75, 3.05) is 11.9 Å². The van der Waals surface area contributed by atoms with E-state index in [-0.39, 0.29) is 11.0 Å². The zero-order valence-electron chi connectivity index (χ0n) is 15.0. The van der Waals surface area contributed by atoms with Crippen LogP contribution >= 0.6 is 11.7 Å². The summed E-state index contributed by atoms with van der Waals surface area (Å²) in [7, 11) is 0. The predicted molar refractivity (Wildman–Crippen MR) is 102 cm³/mol. The molecule has 12 heteroatoms. The molecule has 0 bridgehead atoms. The number of hydrogen-bond donors (Lipinski definition) is 1. The normalized spacial score (nSPS) is 11.7. The number of benzene rings is 2. The summed E-state index contributed by atoms with van der Waals surface area (Å²) in [5, 5.41) is 2.54. The van der Waals surface area contributed by atoms with Crippen LogP contribution in [0.2, 0.25) is 0 Å². The van der Waals surface area contributed by atoms with E-state index in [4.69, 9.17) is 4.74 Å². The van der Waals surface area contributed by atoms with E-state index >= 15 is 0 Å². The molecular formula is C18H12F3N5O3S. The summed E-state index contributed by atoms with van der Waals surface area (Å²) in [4.78, 5) is 27.8. The van der Waals surface area contributed by atoms with E-state index in [1.807, 2.05) is 0 Å². The molecule has 0 unspecified atom stereocenters. The Labute approximate surface area is 170 Å². The minimum Gasteiger partial charge on any atom is -0.454 e. The fourth-order valence-corrected chi connectivity index (χ4v) is 3.42. The third kappa shape index (κ3) is 3.94. The fraction of sp³-hybridized carbons (Fsp3) is 0.167. The maximum absolute atomic E-state index is 13.3. The van der Waals surface area contributed by atoms with Crippen molar-refractivity contribution >= 4 is 51.4 Å². The molecule has 2 aromatic heterocycles. The smallest absolute Gasteiger partial charge is 0.449 e. The SMILES string of the molecule is O=C(COC(=O)Cn1c(C(F)(F)F)nc2ccccc21)Nc1cccc2nsnc12. The van der Waals surface area contributed by atoms with Crippen LogP contribution < -0.4 is 5.32 Å². The number of fused-ring (bicyclic) bond motifs is 2. The highest BCUT2D eigenvalue weighted by atomic mass is 32.1. The second kappa shape index (κ2) is 7.71. The number of esters is 1. The zero-order chi connectivity index (χ0) is 21.3. The number of nitrogens with zero attached hydrogens (tertiary/aromatic N) is 4. The van der Waals surface area contributed by atoms with E-state index in [0.717, 1.165) is 16.3 Å². The molecule has 8 nitrogen and oxygen atoms in total. The number of carbonyl (C=O) groups excluding carboxylic acids is 2. The molecule has 0 fully saturated rings. The molecule has 154 valence electrons. The van der Waals surface area contributed by atoms with Gasteiger partial charge in [0.2, 0.25) is 5.82 Å². The molecule has 30 heavy (non-hydrogen) atoms. The third-order valence-electron chi connectivity index (χ3n) is 4.12. The van der Waals surface area contributed by atoms with Crippen LogP contribution in [-0.4, -0.2) is 36.8 Å². The molecule has 0 aliphatic rings. The number of para-hydroxylation sites is 2. The summed E-state index contributed by atoms with van der Waals surface area (Å²) in [6.45, 7) is -1.41. The van der Waals surface area contributed by atoms with Gasteiger partial charge in [0.1, 0.15) is 17.6 Å². The molecule has 0 saturated carbocycles. The highest BCUT2D eigenvalue weighted by molar-refractivity contribution is 7.00. The van der Waals surface area contributed by atoms with Crippen molar-refractivity contribution in [3.63, 3.8) is 0 Å². The van der Waals surface area contributed by atoms with E-state index in [2.05, 4.69) is 19.0 Å². The van der Waals surface area contributed by atoms with Crippen LogP contribution in [0.5, 0.6) is 0 Å². The Balaban J connectivity index is 1.44. The number of nitrogens with one attached hydrogen (secondary N) is 1. The second-order valence-electron chi connectivity index (χ2n) is 6.15. The Morgan fingerprint density at radius 3 is 2.63 bits per heavy atom. The van der Waals surface area contributed by atoms with Gasteiger partial charge in [0.15, 0.2) is 6.61 Å². The van der Waals surface area contributed by atoms with E-state index in [9.17, 15) is 22.8 Å². The maximum Gasteiger partial charge on any atom is 0.449 e. The van der Waals surface area contributed by atoms with Gasteiger partial charge in [-0.25, -0.2) is 4.98 Å². The molecule has 1 N–H and O–H groups in total. The molecule has 1 amide bonds. The third-order valence-corrected chi connectivity index (χ3v) is 4.66. The minimum atomic E-state index is -4.75. The maximum atomic E-state index is 13.3. The second-order valence-corrected chi connectivity index (χ2v) is 6.68. The Hall–Kier alpha value is -3.54. The van der Waals surface area contributed by atoms with E-state index < -0.39 is 37.0 Å². The Morgan fingerprint density at radius 2 is 1.83 bits per heavy atom. The molecule has 0 saturated heterocycles. The van der Waals surface area contributed by atoms with Gasteiger partial charge in [-0.05, 0) is 24.3 Å². The number of ether oxygens (including phenoxy) is 1. The van der Waals surface area contributed by atoms with Gasteiger partial charge < -0.3 is 14.6 Å². The van der Waals surface area contributed by atoms with Crippen LogP contribution in [0.25, 0.3) is 22.1 Å². The molecule has 2 aromatic carbocycles. The first-order valence-corrected chi connectivity index (χ1v) is 9.25. The molecular weight excluding hydrogens is 423 g/mol. The first-order valence-electron chi connectivity index (χ1n) is 8.52. The first kappa shape index (κ1) is 19.8. The molecule has 0 aliphatic heterocycles. The number of alkyl halides is 3. The van der Waals surface area contributed by atoms with Crippen LogP contribution in [0, 0.1) is 0 Å². The van der Waals surface area contributed by atoms with Crippen LogP contribution in [0.3, 0.4) is 0 Å². The van der Waals surface area contributed by atoms with Gasteiger partial charge in [0, 0.05) is 0 Å². The zero-order valence-corrected chi connectivity index (χ0v) is 15.8. The quantitative estimate of drug-likeness (QED) is 0.483. The van der Waals surface area contributed by atoms with Crippen molar-refractivity contribution < 1.29 is 27.5 Å². The van der Waals surface area contributed by atoms with Gasteiger partial charge in [-0.1, -0.05) is 18.2 Å². The molecule has 4 aromatic rings. The number of hydrogen-bond acceptors (Lipinski definition) is 7. The standard InChI is InChI=1S/C18H12F3N5O3S/c19-18(20,21)17-23-10-4-1-2-7-13(10)26(17)8-15(28)29-9-14(27)22-11-5-3-6-12-16(11)25-30-24-12/h1-7H,8-9H2,(H,22,27). The summed E-state index contributed by atoms with van der Waals surface area (Å²) >= 11 is 0.981. The summed E-state index contributed by atoms with van der Waals surface area (Å²) in [5.41, 5.74) is 1.71. The highest BCUT2D eigenvalue weighted by Crippen LogP contribution is 2.31. The largest absolute Gasteiger partial charge is 0.454 e. The lowest BCUT2D eigenvalue weighted by Gasteiger charge is -2.11. The molecule has 0 atom stereocenters. The highest BCUT2D eigenvalue weighted by Gasteiger charge is 2.38. The van der Waals surface area contributed by atoms with Crippen molar-refractivity contribution in [1.82, 2.24) is 18.3 Å². The number of aromatic nitrogens is 4. The van der Waals surface area contributed by atoms with Crippen molar-refractivity contribution in [1.29, 1.82) is 0 Å². The van der Waals surface area contributed by atoms with Crippen molar-refractivity contribution in [2.45, 2.75) is 12.7 Å². The van der Waals surface area contributed by atoms with Crippen molar-refractivity contribution in [3.05, 3.63) is 48.3 Å². The number of amides is 1. The molecule has 4 rings (SSSR count). The van der Waals surface area contributed by atoms with Crippen LogP contribution in [0.15, 0.2) is 42.5 Å². The van der Waals surface area contributed by atoms with E-state index in [0.29, 0.717) is 16.7 Å². The average Bonchev–Trinajstić information content (AvgIpc) is 3.32. The molecule has 2 heterocycles. The fourth-order valence-electron chi connectivity index (χ4n) is 2.87. The average molecular weight is 435 g/mol. The van der Waals surface area contributed by atoms with Gasteiger partial charge >= 0.3 is 12.1 Å². The van der Waals surface area contributed by atoms with Crippen molar-refractivity contribution in [3.8, 4) is 0 Å². The Bertz CT molecular complexity index is 1250. The lowest BCUT2D eigenvalue weighted by molar-refractivity contribution is -0.152. The van der Waals surface area contributed by atoms with Gasteiger partial charge in [-0.2, -0.15) is 21.9 Å². The summed E-state index contributed by atoms with van der Waals surface area (Å²) in [6, 6.07) is 10.9. The number of halogens is 3. The number of anilines is 1. The molecule has 0 radical (unpaired) electrons. The summed E-state index contributed by atoms with van der Waals surface area (Å²) < 4.78 is 53.6. The molecule has 0 spiro atoms. The molecule has 0 aliphatic carbocycles. The van der Waals surface area contributed by atoms with Crippen LogP contribution in [-0.2, 0) is 27.0 Å². The van der Waals surface area contributed by atoms with E-state index in [1.165, 1.54) is 18.2 Å². The number of rotatable bonds is 5. The van der Waals surface area contributed by atoms with E-state index in [1.54, 1.807) is 24.3 Å². The predicted octanol–water partition coefficient (Wildman–Crippen LogP) is 3.24.